The number of aromatic nitrogens is 2. The molecular weight excluding hydrogens is 334 g/mol. The summed E-state index contributed by atoms with van der Waals surface area (Å²) in [5, 5.41) is 4.44. The van der Waals surface area contributed by atoms with Crippen molar-refractivity contribution in [1.29, 1.82) is 0 Å². The standard InChI is InChI=1S/C19H25N3O4/c1-3-5-6-13-11-15(23)25-18-16(13)17(24)20-19(21-18)26-22-14-9-7-12(4-2)8-10-14/h11-12H,3-10H2,1-2H3,(H,20,21,24). The Balaban J connectivity index is 1.85. The van der Waals surface area contributed by atoms with Crippen LogP contribution >= 0.6 is 0 Å². The molecule has 0 radical (unpaired) electrons. The Labute approximate surface area is 151 Å². The summed E-state index contributed by atoms with van der Waals surface area (Å²) in [5.41, 5.74) is 0.724. The molecule has 0 aromatic carbocycles. The van der Waals surface area contributed by atoms with Gasteiger partial charge in [0.25, 0.3) is 5.56 Å². The SMILES string of the molecule is CCCCc1cc(=O)oc2nc(ON=C3CCC(CC)CC3)[nH]c(=O)c12. The molecule has 0 atom stereocenters. The van der Waals surface area contributed by atoms with Crippen molar-refractivity contribution >= 4 is 16.8 Å². The van der Waals surface area contributed by atoms with Crippen molar-refractivity contribution in [1.82, 2.24) is 9.97 Å². The van der Waals surface area contributed by atoms with Gasteiger partial charge in [-0.15, -0.1) is 0 Å². The molecule has 0 saturated heterocycles. The topological polar surface area (TPSA) is 97.5 Å². The van der Waals surface area contributed by atoms with Gasteiger partial charge in [0.05, 0.1) is 5.71 Å². The van der Waals surface area contributed by atoms with Crippen molar-refractivity contribution in [2.45, 2.75) is 65.2 Å². The zero-order valence-electron chi connectivity index (χ0n) is 15.3. The molecule has 7 heteroatoms. The first-order valence-electron chi connectivity index (χ1n) is 9.40. The lowest BCUT2D eigenvalue weighted by atomic mass is 9.86. The van der Waals surface area contributed by atoms with E-state index in [1.54, 1.807) is 0 Å². The van der Waals surface area contributed by atoms with Crippen molar-refractivity contribution in [3.63, 3.8) is 0 Å². The normalized spacial score (nSPS) is 17.5. The zero-order valence-corrected chi connectivity index (χ0v) is 15.3. The number of hydrogen-bond acceptors (Lipinski definition) is 6. The van der Waals surface area contributed by atoms with E-state index in [-0.39, 0.29) is 17.3 Å². The lowest BCUT2D eigenvalue weighted by Gasteiger charge is -2.20. The van der Waals surface area contributed by atoms with E-state index in [4.69, 9.17) is 9.25 Å². The third kappa shape index (κ3) is 4.20. The van der Waals surface area contributed by atoms with Gasteiger partial charge < -0.3 is 9.25 Å². The van der Waals surface area contributed by atoms with E-state index >= 15 is 0 Å². The second-order valence-electron chi connectivity index (χ2n) is 6.85. The van der Waals surface area contributed by atoms with Gasteiger partial charge in [-0.2, -0.15) is 4.98 Å². The minimum atomic E-state index is -0.517. The van der Waals surface area contributed by atoms with E-state index in [9.17, 15) is 9.59 Å². The number of nitrogens with zero attached hydrogens (tertiary/aromatic N) is 2. The average Bonchev–Trinajstić information content (AvgIpc) is 2.64. The van der Waals surface area contributed by atoms with Gasteiger partial charge in [-0.05, 0) is 50.0 Å². The maximum atomic E-state index is 12.4. The van der Waals surface area contributed by atoms with Crippen LogP contribution in [0.3, 0.4) is 0 Å². The second kappa shape index (κ2) is 8.29. The third-order valence-electron chi connectivity index (χ3n) is 5.00. The van der Waals surface area contributed by atoms with Crippen LogP contribution in [-0.2, 0) is 6.42 Å². The largest absolute Gasteiger partial charge is 0.403 e. The van der Waals surface area contributed by atoms with E-state index in [2.05, 4.69) is 29.0 Å². The number of H-pyrrole nitrogens is 1. The first-order chi connectivity index (χ1) is 12.6. The number of rotatable bonds is 6. The van der Waals surface area contributed by atoms with Crippen LogP contribution in [0.5, 0.6) is 6.01 Å². The molecule has 0 spiro atoms. The molecule has 1 aliphatic carbocycles. The smallest absolute Gasteiger partial charge is 0.337 e. The van der Waals surface area contributed by atoms with Crippen molar-refractivity contribution in [2.75, 3.05) is 0 Å². The highest BCUT2D eigenvalue weighted by atomic mass is 16.6. The Bertz CT molecular complexity index is 903. The molecule has 1 N–H and O–H groups in total. The van der Waals surface area contributed by atoms with Gasteiger partial charge in [0, 0.05) is 6.07 Å². The number of nitrogens with one attached hydrogen (secondary N) is 1. The van der Waals surface area contributed by atoms with Gasteiger partial charge in [-0.3, -0.25) is 9.78 Å². The molecule has 3 rings (SSSR count). The van der Waals surface area contributed by atoms with Crippen LogP contribution in [0, 0.1) is 5.92 Å². The number of hydrogen-bond donors (Lipinski definition) is 1. The Morgan fingerprint density at radius 1 is 1.31 bits per heavy atom. The molecule has 1 aliphatic rings. The molecule has 140 valence electrons. The second-order valence-corrected chi connectivity index (χ2v) is 6.85. The monoisotopic (exact) mass is 359 g/mol. The van der Waals surface area contributed by atoms with Gasteiger partial charge >= 0.3 is 11.6 Å². The summed E-state index contributed by atoms with van der Waals surface area (Å²) in [4.78, 5) is 36.2. The maximum Gasteiger partial charge on any atom is 0.337 e. The zero-order chi connectivity index (χ0) is 18.5. The Kier molecular flexibility index (Phi) is 5.85. The Morgan fingerprint density at radius 2 is 2.08 bits per heavy atom. The molecule has 0 amide bonds. The Morgan fingerprint density at radius 3 is 2.77 bits per heavy atom. The molecule has 0 unspecified atom stereocenters. The molecule has 1 fully saturated rings. The van der Waals surface area contributed by atoms with Crippen LogP contribution in [0.4, 0.5) is 0 Å². The van der Waals surface area contributed by atoms with E-state index in [1.807, 2.05) is 0 Å². The van der Waals surface area contributed by atoms with Crippen LogP contribution in [0.15, 0.2) is 25.2 Å². The summed E-state index contributed by atoms with van der Waals surface area (Å²) in [7, 11) is 0. The van der Waals surface area contributed by atoms with Crippen LogP contribution < -0.4 is 16.0 Å². The summed E-state index contributed by atoms with van der Waals surface area (Å²) < 4.78 is 5.11. The minimum Gasteiger partial charge on any atom is -0.403 e. The van der Waals surface area contributed by atoms with Gasteiger partial charge in [0.2, 0.25) is 5.71 Å². The molecule has 2 aromatic rings. The fourth-order valence-corrected chi connectivity index (χ4v) is 3.35. The number of aromatic amines is 1. The molecular formula is C19H25N3O4. The summed E-state index contributed by atoms with van der Waals surface area (Å²) in [5.74, 6) is 0.753. The van der Waals surface area contributed by atoms with Crippen LogP contribution in [0.25, 0.3) is 11.1 Å². The lowest BCUT2D eigenvalue weighted by molar-refractivity contribution is 0.303. The van der Waals surface area contributed by atoms with Gasteiger partial charge in [0.1, 0.15) is 5.39 Å². The third-order valence-corrected chi connectivity index (χ3v) is 5.00. The predicted molar refractivity (Wildman–Crippen MR) is 99.8 cm³/mol. The highest BCUT2D eigenvalue weighted by Gasteiger charge is 2.17. The maximum absolute atomic E-state index is 12.4. The summed E-state index contributed by atoms with van der Waals surface area (Å²) in [6, 6.07) is 1.31. The van der Waals surface area contributed by atoms with Crippen LogP contribution in [0.1, 0.15) is 64.4 Å². The fraction of sp³-hybridized carbons (Fsp3) is 0.579. The first-order valence-corrected chi connectivity index (χ1v) is 9.40. The molecule has 1 saturated carbocycles. The van der Waals surface area contributed by atoms with Gasteiger partial charge in [-0.25, -0.2) is 4.79 Å². The number of oxime groups is 1. The van der Waals surface area contributed by atoms with E-state index < -0.39 is 5.63 Å². The summed E-state index contributed by atoms with van der Waals surface area (Å²) >= 11 is 0. The van der Waals surface area contributed by atoms with E-state index in [0.717, 1.165) is 50.2 Å². The molecule has 2 heterocycles. The van der Waals surface area contributed by atoms with Crippen molar-refractivity contribution in [2.24, 2.45) is 11.1 Å². The van der Waals surface area contributed by atoms with Crippen LogP contribution in [0.2, 0.25) is 0 Å². The van der Waals surface area contributed by atoms with Gasteiger partial charge in [0.15, 0.2) is 0 Å². The quantitative estimate of drug-likeness (QED) is 0.795. The highest BCUT2D eigenvalue weighted by molar-refractivity contribution is 5.84. The number of fused-ring (bicyclic) bond motifs is 1. The highest BCUT2D eigenvalue weighted by Crippen LogP contribution is 2.25. The summed E-state index contributed by atoms with van der Waals surface area (Å²) in [6.45, 7) is 4.25. The molecule has 7 nitrogen and oxygen atoms in total. The van der Waals surface area contributed by atoms with E-state index in [0.29, 0.717) is 17.4 Å². The Hall–Kier alpha value is -2.44. The lowest BCUT2D eigenvalue weighted by Crippen LogP contribution is -2.16. The van der Waals surface area contributed by atoms with E-state index in [1.165, 1.54) is 12.5 Å². The summed E-state index contributed by atoms with van der Waals surface area (Å²) in [6.07, 6.45) is 7.66. The molecule has 26 heavy (non-hydrogen) atoms. The van der Waals surface area contributed by atoms with Crippen molar-refractivity contribution in [3.8, 4) is 6.01 Å². The molecule has 0 bridgehead atoms. The van der Waals surface area contributed by atoms with Crippen molar-refractivity contribution < 1.29 is 9.25 Å². The first kappa shape index (κ1) is 18.4. The molecule has 0 aliphatic heterocycles. The fourth-order valence-electron chi connectivity index (χ4n) is 3.35. The van der Waals surface area contributed by atoms with Gasteiger partial charge in [-0.1, -0.05) is 31.8 Å². The minimum absolute atomic E-state index is 0.00255. The number of aryl methyl sites for hydroxylation is 1. The average molecular weight is 359 g/mol. The van der Waals surface area contributed by atoms with Crippen molar-refractivity contribution in [3.05, 3.63) is 32.4 Å². The predicted octanol–water partition coefficient (Wildman–Crippen LogP) is 3.55. The molecule has 2 aromatic heterocycles. The number of unbranched alkanes of at least 4 members (excludes halogenated alkanes) is 1. The van der Waals surface area contributed by atoms with Crippen LogP contribution in [-0.4, -0.2) is 15.7 Å².